The van der Waals surface area contributed by atoms with Crippen LogP contribution in [0.1, 0.15) is 57.7 Å². The van der Waals surface area contributed by atoms with Gasteiger partial charge in [-0.15, -0.1) is 11.3 Å². The zero-order chi connectivity index (χ0) is 18.9. The van der Waals surface area contributed by atoms with Crippen LogP contribution >= 0.6 is 11.3 Å². The van der Waals surface area contributed by atoms with Gasteiger partial charge in [-0.2, -0.15) is 0 Å². The van der Waals surface area contributed by atoms with Gasteiger partial charge in [-0.25, -0.2) is 0 Å². The number of rotatable bonds is 5. The summed E-state index contributed by atoms with van der Waals surface area (Å²) < 4.78 is 0. The number of carbonyl (C=O) groups is 3. The fourth-order valence-electron chi connectivity index (χ4n) is 4.17. The topological polar surface area (TPSA) is 66.5 Å². The first-order valence-electron chi connectivity index (χ1n) is 9.37. The average molecular weight is 382 g/mol. The summed E-state index contributed by atoms with van der Waals surface area (Å²) in [7, 11) is 0. The number of hydrogen-bond acceptors (Lipinski definition) is 4. The normalized spacial score (nSPS) is 18.4. The van der Waals surface area contributed by atoms with Gasteiger partial charge in [-0.1, -0.05) is 37.5 Å². The predicted octanol–water partition coefficient (Wildman–Crippen LogP) is 3.36. The molecule has 2 aromatic rings. The van der Waals surface area contributed by atoms with Gasteiger partial charge >= 0.3 is 0 Å². The van der Waals surface area contributed by atoms with Crippen LogP contribution in [-0.2, 0) is 10.2 Å². The van der Waals surface area contributed by atoms with Crippen LogP contribution in [0.3, 0.4) is 0 Å². The van der Waals surface area contributed by atoms with E-state index in [9.17, 15) is 14.4 Å². The lowest BCUT2D eigenvalue weighted by Crippen LogP contribution is -2.46. The molecule has 6 heteroatoms. The van der Waals surface area contributed by atoms with Crippen molar-refractivity contribution >= 4 is 29.1 Å². The second-order valence-corrected chi connectivity index (χ2v) is 8.28. The number of amides is 3. The van der Waals surface area contributed by atoms with Crippen molar-refractivity contribution in [3.05, 3.63) is 57.8 Å². The van der Waals surface area contributed by atoms with Crippen molar-refractivity contribution in [1.29, 1.82) is 0 Å². The Hall–Kier alpha value is -2.47. The van der Waals surface area contributed by atoms with E-state index in [0.717, 1.165) is 30.6 Å². The van der Waals surface area contributed by atoms with Crippen molar-refractivity contribution in [2.24, 2.45) is 0 Å². The Labute approximate surface area is 162 Å². The Morgan fingerprint density at radius 2 is 1.67 bits per heavy atom. The molecule has 1 aromatic heterocycles. The number of hydrogen-bond donors (Lipinski definition) is 1. The number of nitrogens with zero attached hydrogens (tertiary/aromatic N) is 1. The summed E-state index contributed by atoms with van der Waals surface area (Å²) in [5, 5.41) is 5.07. The van der Waals surface area contributed by atoms with Crippen molar-refractivity contribution < 1.29 is 14.4 Å². The number of fused-ring (bicyclic) bond motifs is 1. The Balaban J connectivity index is 1.43. The van der Waals surface area contributed by atoms with Crippen molar-refractivity contribution in [2.75, 3.05) is 13.1 Å². The minimum Gasteiger partial charge on any atom is -0.354 e. The van der Waals surface area contributed by atoms with Crippen LogP contribution in [0, 0.1) is 0 Å². The van der Waals surface area contributed by atoms with E-state index in [1.165, 1.54) is 11.3 Å². The molecule has 2 heterocycles. The van der Waals surface area contributed by atoms with E-state index in [4.69, 9.17) is 0 Å². The summed E-state index contributed by atoms with van der Waals surface area (Å²) in [4.78, 5) is 39.7. The van der Waals surface area contributed by atoms with Crippen LogP contribution in [-0.4, -0.2) is 35.7 Å². The molecule has 0 atom stereocenters. The number of imide groups is 1. The molecule has 1 fully saturated rings. The van der Waals surface area contributed by atoms with E-state index in [1.54, 1.807) is 35.6 Å². The Bertz CT molecular complexity index is 834. The highest BCUT2D eigenvalue weighted by molar-refractivity contribution is 7.10. The van der Waals surface area contributed by atoms with Gasteiger partial charge in [0, 0.05) is 16.8 Å². The van der Waals surface area contributed by atoms with Gasteiger partial charge in [-0.3, -0.25) is 19.3 Å². The van der Waals surface area contributed by atoms with Gasteiger partial charge in [0.25, 0.3) is 11.8 Å². The Morgan fingerprint density at radius 3 is 2.26 bits per heavy atom. The zero-order valence-corrected chi connectivity index (χ0v) is 15.9. The van der Waals surface area contributed by atoms with Crippen LogP contribution < -0.4 is 5.32 Å². The number of thiophene rings is 1. The molecule has 27 heavy (non-hydrogen) atoms. The number of nitrogens with one attached hydrogen (secondary N) is 1. The summed E-state index contributed by atoms with van der Waals surface area (Å²) in [6.07, 6.45) is 5.66. The fraction of sp³-hybridized carbons (Fsp3) is 0.381. The maximum atomic E-state index is 12.5. The number of benzene rings is 1. The molecule has 1 N–H and O–H groups in total. The molecule has 0 unspecified atom stereocenters. The first kappa shape index (κ1) is 17.9. The number of carbonyl (C=O) groups excluding carboxylic acids is 3. The summed E-state index contributed by atoms with van der Waals surface area (Å²) in [5.74, 6) is -1.07. The summed E-state index contributed by atoms with van der Waals surface area (Å²) >= 11 is 1.74. The van der Waals surface area contributed by atoms with Crippen LogP contribution in [0.25, 0.3) is 0 Å². The summed E-state index contributed by atoms with van der Waals surface area (Å²) in [6.45, 7) is 0.322. The maximum absolute atomic E-state index is 12.5. The fourth-order valence-corrected chi connectivity index (χ4v) is 5.16. The molecule has 1 aromatic carbocycles. The second-order valence-electron chi connectivity index (χ2n) is 7.34. The molecule has 5 nitrogen and oxygen atoms in total. The molecule has 3 amide bonds. The van der Waals surface area contributed by atoms with Crippen molar-refractivity contribution in [3.8, 4) is 0 Å². The minimum atomic E-state index is -0.392. The lowest BCUT2D eigenvalue weighted by Gasteiger charge is -2.37. The third-order valence-corrected chi connectivity index (χ3v) is 6.77. The summed E-state index contributed by atoms with van der Waals surface area (Å²) in [5.41, 5.74) is 0.722. The van der Waals surface area contributed by atoms with E-state index in [0.29, 0.717) is 17.7 Å². The largest absolute Gasteiger partial charge is 0.354 e. The molecule has 2 aliphatic rings. The van der Waals surface area contributed by atoms with E-state index < -0.39 is 11.8 Å². The standard InChI is InChI=1S/C21H22N2O3S/c24-18(13-23-19(25)15-7-2-3-8-16(15)20(23)26)22-14-21(10-4-1-5-11-21)17-9-6-12-27-17/h2-3,6-9,12H,1,4-5,10-11,13-14H2,(H,22,24). The van der Waals surface area contributed by atoms with Gasteiger partial charge in [0.15, 0.2) is 0 Å². The SMILES string of the molecule is O=C(CN1C(=O)c2ccccc2C1=O)NCC1(c2cccs2)CCCCC1. The van der Waals surface area contributed by atoms with Crippen LogP contribution in [0.4, 0.5) is 0 Å². The molecule has 1 aliphatic carbocycles. The van der Waals surface area contributed by atoms with Crippen LogP contribution in [0.2, 0.25) is 0 Å². The van der Waals surface area contributed by atoms with E-state index in [-0.39, 0.29) is 17.9 Å². The molecule has 0 bridgehead atoms. The highest BCUT2D eigenvalue weighted by Gasteiger charge is 2.38. The average Bonchev–Trinajstić information content (AvgIpc) is 3.32. The van der Waals surface area contributed by atoms with E-state index in [1.807, 2.05) is 0 Å². The molecule has 0 saturated heterocycles. The van der Waals surface area contributed by atoms with E-state index >= 15 is 0 Å². The van der Waals surface area contributed by atoms with Crippen LogP contribution in [0.15, 0.2) is 41.8 Å². The van der Waals surface area contributed by atoms with Gasteiger partial charge in [0.05, 0.1) is 11.1 Å². The Morgan fingerprint density at radius 1 is 1.00 bits per heavy atom. The van der Waals surface area contributed by atoms with Gasteiger partial charge in [-0.05, 0) is 36.4 Å². The zero-order valence-electron chi connectivity index (χ0n) is 15.1. The van der Waals surface area contributed by atoms with Gasteiger partial charge in [0.2, 0.25) is 5.91 Å². The first-order chi connectivity index (χ1) is 13.1. The second kappa shape index (κ2) is 7.27. The maximum Gasteiger partial charge on any atom is 0.262 e. The molecule has 4 rings (SSSR count). The molecule has 1 aliphatic heterocycles. The minimum absolute atomic E-state index is 0.0237. The smallest absolute Gasteiger partial charge is 0.262 e. The lowest BCUT2D eigenvalue weighted by atomic mass is 9.73. The molecular formula is C21H22N2O3S. The van der Waals surface area contributed by atoms with E-state index in [2.05, 4.69) is 22.8 Å². The monoisotopic (exact) mass is 382 g/mol. The van der Waals surface area contributed by atoms with Gasteiger partial charge < -0.3 is 5.32 Å². The van der Waals surface area contributed by atoms with Crippen LogP contribution in [0.5, 0.6) is 0 Å². The Kier molecular flexibility index (Phi) is 4.83. The van der Waals surface area contributed by atoms with Crippen molar-refractivity contribution in [3.63, 3.8) is 0 Å². The van der Waals surface area contributed by atoms with Crippen molar-refractivity contribution in [2.45, 2.75) is 37.5 Å². The molecule has 0 spiro atoms. The van der Waals surface area contributed by atoms with Gasteiger partial charge in [0.1, 0.15) is 6.54 Å². The quantitative estimate of drug-likeness (QED) is 0.807. The summed E-state index contributed by atoms with van der Waals surface area (Å²) in [6, 6.07) is 10.9. The molecule has 1 saturated carbocycles. The van der Waals surface area contributed by atoms with Crippen molar-refractivity contribution in [1.82, 2.24) is 10.2 Å². The third-order valence-electron chi connectivity index (χ3n) is 5.66. The molecular weight excluding hydrogens is 360 g/mol. The molecule has 140 valence electrons. The lowest BCUT2D eigenvalue weighted by molar-refractivity contribution is -0.121. The third kappa shape index (κ3) is 3.30. The highest BCUT2D eigenvalue weighted by atomic mass is 32.1. The molecule has 0 radical (unpaired) electrons. The first-order valence-corrected chi connectivity index (χ1v) is 10.2. The predicted molar refractivity (Wildman–Crippen MR) is 104 cm³/mol. The highest BCUT2D eigenvalue weighted by Crippen LogP contribution is 2.41.